The number of hydrogen-bond acceptors (Lipinski definition) is 4. The van der Waals surface area contributed by atoms with Crippen LogP contribution in [0.2, 0.25) is 0 Å². The molecule has 6 nitrogen and oxygen atoms in total. The smallest absolute Gasteiger partial charge is 0.407 e. The Labute approximate surface area is 131 Å². The van der Waals surface area contributed by atoms with E-state index < -0.39 is 12.1 Å². The van der Waals surface area contributed by atoms with Gasteiger partial charge in [0.1, 0.15) is 6.04 Å². The Morgan fingerprint density at radius 1 is 1.27 bits per heavy atom. The second-order valence-electron chi connectivity index (χ2n) is 6.68. The van der Waals surface area contributed by atoms with Crippen molar-refractivity contribution in [2.75, 3.05) is 7.11 Å². The summed E-state index contributed by atoms with van der Waals surface area (Å²) in [6.45, 7) is 4.02. The first-order chi connectivity index (χ1) is 10.4. The average Bonchev–Trinajstić information content (AvgIpc) is 2.82. The molecule has 1 N–H and O–H groups in total. The lowest BCUT2D eigenvalue weighted by Gasteiger charge is -2.30. The summed E-state index contributed by atoms with van der Waals surface area (Å²) in [5, 5.41) is 2.61. The first-order valence-electron chi connectivity index (χ1n) is 8.13. The van der Waals surface area contributed by atoms with Crippen molar-refractivity contribution < 1.29 is 19.1 Å². The Morgan fingerprint density at radius 3 is 2.64 bits per heavy atom. The van der Waals surface area contributed by atoms with Crippen molar-refractivity contribution in [3.8, 4) is 0 Å². The number of carbonyl (C=O) groups excluding carboxylic acids is 3. The highest BCUT2D eigenvalue weighted by atomic mass is 16.5. The third kappa shape index (κ3) is 3.59. The minimum atomic E-state index is -0.596. The van der Waals surface area contributed by atoms with E-state index in [4.69, 9.17) is 0 Å². The van der Waals surface area contributed by atoms with Gasteiger partial charge in [-0.3, -0.25) is 9.59 Å². The summed E-state index contributed by atoms with van der Waals surface area (Å²) in [4.78, 5) is 38.4. The Balaban J connectivity index is 2.13. The molecule has 0 aromatic rings. The number of rotatable bonds is 4. The number of ketones is 1. The van der Waals surface area contributed by atoms with E-state index in [0.29, 0.717) is 12.8 Å². The average molecular weight is 310 g/mol. The van der Waals surface area contributed by atoms with E-state index in [1.807, 2.05) is 13.8 Å². The second-order valence-corrected chi connectivity index (χ2v) is 6.68. The Morgan fingerprint density at radius 2 is 2.00 bits per heavy atom. The summed E-state index contributed by atoms with van der Waals surface area (Å²) in [6.07, 6.45) is 3.89. The van der Waals surface area contributed by atoms with Crippen LogP contribution in [0.3, 0.4) is 0 Å². The van der Waals surface area contributed by atoms with Crippen molar-refractivity contribution in [2.24, 2.45) is 5.92 Å². The summed E-state index contributed by atoms with van der Waals surface area (Å²) >= 11 is 0. The topological polar surface area (TPSA) is 75.7 Å². The minimum Gasteiger partial charge on any atom is -0.453 e. The highest BCUT2D eigenvalue weighted by molar-refractivity contribution is 5.93. The molecule has 0 aromatic carbocycles. The molecule has 6 heteroatoms. The van der Waals surface area contributed by atoms with E-state index in [-0.39, 0.29) is 29.7 Å². The summed E-state index contributed by atoms with van der Waals surface area (Å²) in [5.41, 5.74) is 0. The molecule has 0 aliphatic carbocycles. The molecule has 0 radical (unpaired) electrons. The molecule has 2 aliphatic rings. The quantitative estimate of drug-likeness (QED) is 0.860. The molecule has 2 amide bonds. The lowest BCUT2D eigenvalue weighted by atomic mass is 9.99. The van der Waals surface area contributed by atoms with Crippen molar-refractivity contribution in [1.82, 2.24) is 10.2 Å². The molecule has 0 aromatic heterocycles. The van der Waals surface area contributed by atoms with Crippen LogP contribution in [0.15, 0.2) is 0 Å². The Kier molecular flexibility index (Phi) is 5.42. The van der Waals surface area contributed by atoms with Gasteiger partial charge in [0.25, 0.3) is 0 Å². The monoisotopic (exact) mass is 310 g/mol. The fraction of sp³-hybridized carbons (Fsp3) is 0.812. The molecule has 2 heterocycles. The molecule has 2 fully saturated rings. The first-order valence-corrected chi connectivity index (χ1v) is 8.13. The number of carbonyl (C=O) groups is 3. The third-order valence-corrected chi connectivity index (χ3v) is 4.54. The van der Waals surface area contributed by atoms with Crippen molar-refractivity contribution in [3.63, 3.8) is 0 Å². The zero-order valence-electron chi connectivity index (χ0n) is 13.6. The maximum Gasteiger partial charge on any atom is 0.407 e. The van der Waals surface area contributed by atoms with Crippen LogP contribution >= 0.6 is 0 Å². The van der Waals surface area contributed by atoms with Gasteiger partial charge in [-0.1, -0.05) is 13.8 Å². The van der Waals surface area contributed by atoms with E-state index in [2.05, 4.69) is 10.1 Å². The molecule has 0 saturated carbocycles. The van der Waals surface area contributed by atoms with Crippen molar-refractivity contribution in [3.05, 3.63) is 0 Å². The number of nitrogens with zero attached hydrogens (tertiary/aromatic N) is 1. The normalized spacial score (nSPS) is 28.3. The lowest BCUT2D eigenvalue weighted by Crippen LogP contribution is -2.52. The number of amides is 2. The molecule has 2 rings (SSSR count). The Bertz CT molecular complexity index is 449. The summed E-state index contributed by atoms with van der Waals surface area (Å²) < 4.78 is 4.59. The third-order valence-electron chi connectivity index (χ3n) is 4.54. The highest BCUT2D eigenvalue weighted by Crippen LogP contribution is 2.33. The van der Waals surface area contributed by atoms with Gasteiger partial charge in [-0.15, -0.1) is 0 Å². The van der Waals surface area contributed by atoms with Crippen LogP contribution in [0, 0.1) is 5.92 Å². The van der Waals surface area contributed by atoms with Gasteiger partial charge in [0.05, 0.1) is 13.2 Å². The van der Waals surface area contributed by atoms with E-state index in [1.54, 1.807) is 4.90 Å². The molecule has 2 saturated heterocycles. The Hall–Kier alpha value is -1.59. The van der Waals surface area contributed by atoms with Crippen molar-refractivity contribution in [2.45, 2.75) is 70.5 Å². The van der Waals surface area contributed by atoms with Gasteiger partial charge < -0.3 is 15.0 Å². The number of Topliss-reactive ketones (excluding diaryl/α,β-unsaturated/α-hetero) is 1. The van der Waals surface area contributed by atoms with Crippen LogP contribution < -0.4 is 5.32 Å². The van der Waals surface area contributed by atoms with E-state index >= 15 is 0 Å². The molecule has 22 heavy (non-hydrogen) atoms. The predicted octanol–water partition coefficient (Wildman–Crippen LogP) is 1.87. The molecular weight excluding hydrogens is 284 g/mol. The maximum absolute atomic E-state index is 12.8. The number of hydrogen-bond donors (Lipinski definition) is 1. The standard InChI is InChI=1S/C16H26N2O4/c1-10(2)9-14(19)13-8-7-11-5-4-6-12(15(20)18(11)13)17-16(21)22-3/h10-13H,4-9H2,1-3H3,(H,17,21). The van der Waals surface area contributed by atoms with Crippen LogP contribution in [-0.2, 0) is 14.3 Å². The van der Waals surface area contributed by atoms with Gasteiger partial charge in [0, 0.05) is 12.5 Å². The number of alkyl carbamates (subject to hydrolysis) is 1. The largest absolute Gasteiger partial charge is 0.453 e. The summed E-state index contributed by atoms with van der Waals surface area (Å²) in [5.74, 6) is 0.301. The van der Waals surface area contributed by atoms with Gasteiger partial charge in [0.2, 0.25) is 5.91 Å². The predicted molar refractivity (Wildman–Crippen MR) is 81.3 cm³/mol. The van der Waals surface area contributed by atoms with Crippen LogP contribution in [0.1, 0.15) is 52.4 Å². The lowest BCUT2D eigenvalue weighted by molar-refractivity contribution is -0.140. The molecule has 0 bridgehead atoms. The van der Waals surface area contributed by atoms with Gasteiger partial charge >= 0.3 is 6.09 Å². The molecule has 3 unspecified atom stereocenters. The molecule has 2 aliphatic heterocycles. The number of nitrogens with one attached hydrogen (secondary N) is 1. The van der Waals surface area contributed by atoms with Crippen LogP contribution in [0.25, 0.3) is 0 Å². The van der Waals surface area contributed by atoms with Crippen LogP contribution in [-0.4, -0.2) is 47.9 Å². The SMILES string of the molecule is COC(=O)NC1CCCC2CCC(C(=O)CC(C)C)N2C1=O. The number of ether oxygens (including phenoxy) is 1. The van der Waals surface area contributed by atoms with Crippen molar-refractivity contribution in [1.29, 1.82) is 0 Å². The molecule has 0 spiro atoms. The number of methoxy groups -OCH3 is 1. The zero-order valence-corrected chi connectivity index (χ0v) is 13.6. The highest BCUT2D eigenvalue weighted by Gasteiger charge is 2.44. The fourth-order valence-electron chi connectivity index (χ4n) is 3.55. The van der Waals surface area contributed by atoms with Gasteiger partial charge in [-0.2, -0.15) is 0 Å². The number of fused-ring (bicyclic) bond motifs is 1. The van der Waals surface area contributed by atoms with Crippen LogP contribution in [0.4, 0.5) is 4.79 Å². The van der Waals surface area contributed by atoms with E-state index in [9.17, 15) is 14.4 Å². The van der Waals surface area contributed by atoms with E-state index in [0.717, 1.165) is 25.7 Å². The maximum atomic E-state index is 12.8. The van der Waals surface area contributed by atoms with Crippen molar-refractivity contribution >= 4 is 17.8 Å². The summed E-state index contributed by atoms with van der Waals surface area (Å²) in [7, 11) is 1.28. The first kappa shape index (κ1) is 16.8. The fourth-order valence-corrected chi connectivity index (χ4v) is 3.55. The van der Waals surface area contributed by atoms with Gasteiger partial charge in [0.15, 0.2) is 5.78 Å². The minimum absolute atomic E-state index is 0.132. The van der Waals surface area contributed by atoms with Gasteiger partial charge in [-0.25, -0.2) is 4.79 Å². The molecule has 3 atom stereocenters. The summed E-state index contributed by atoms with van der Waals surface area (Å²) in [6, 6.07) is -0.761. The zero-order chi connectivity index (χ0) is 16.3. The van der Waals surface area contributed by atoms with Gasteiger partial charge in [-0.05, 0) is 38.0 Å². The molecular formula is C16H26N2O4. The molecule has 124 valence electrons. The van der Waals surface area contributed by atoms with Crippen LogP contribution in [0.5, 0.6) is 0 Å². The second kappa shape index (κ2) is 7.11. The van der Waals surface area contributed by atoms with E-state index in [1.165, 1.54) is 7.11 Å².